The predicted molar refractivity (Wildman–Crippen MR) is 146 cm³/mol. The topological polar surface area (TPSA) is 86.8 Å². The van der Waals surface area contributed by atoms with Gasteiger partial charge in [0.1, 0.15) is 6.54 Å². The molecule has 0 aliphatic carbocycles. The Hall–Kier alpha value is -3.30. The fourth-order valence-corrected chi connectivity index (χ4v) is 5.51. The third-order valence-corrected chi connectivity index (χ3v) is 8.27. The molecule has 0 fully saturated rings. The first-order valence-corrected chi connectivity index (χ1v) is 14.3. The molecule has 3 aromatic carbocycles. The molecule has 9 heteroatoms. The van der Waals surface area contributed by atoms with Crippen LogP contribution in [-0.2, 0) is 14.8 Å². The minimum absolute atomic E-state index is 0.0887. The Bertz CT molecular complexity index is 1300. The molecule has 3 aromatic rings. The molecule has 36 heavy (non-hydrogen) atoms. The molecule has 0 heterocycles. The average molecular weight is 526 g/mol. The lowest BCUT2D eigenvalue weighted by molar-refractivity contribution is -0.114. The molecule has 0 aromatic heterocycles. The van der Waals surface area contributed by atoms with Crippen molar-refractivity contribution in [1.82, 2.24) is 4.90 Å². The largest absolute Gasteiger partial charge is 0.339 e. The van der Waals surface area contributed by atoms with Crippen LogP contribution in [0.15, 0.2) is 82.6 Å². The third kappa shape index (κ3) is 6.27. The number of hydrogen-bond acceptors (Lipinski definition) is 5. The Morgan fingerprint density at radius 3 is 2.08 bits per heavy atom. The molecule has 0 radical (unpaired) electrons. The van der Waals surface area contributed by atoms with E-state index in [2.05, 4.69) is 5.32 Å². The van der Waals surface area contributed by atoms with Crippen molar-refractivity contribution in [1.29, 1.82) is 0 Å². The number of carbonyl (C=O) groups excluding carboxylic acids is 2. The Morgan fingerprint density at radius 1 is 0.889 bits per heavy atom. The first-order chi connectivity index (χ1) is 17.2. The minimum atomic E-state index is -4.04. The molecule has 0 atom stereocenters. The molecule has 0 saturated carbocycles. The van der Waals surface area contributed by atoms with E-state index in [0.29, 0.717) is 30.0 Å². The van der Waals surface area contributed by atoms with Crippen LogP contribution in [0.2, 0.25) is 0 Å². The number of amides is 2. The maximum Gasteiger partial charge on any atom is 0.264 e. The summed E-state index contributed by atoms with van der Waals surface area (Å²) in [5.41, 5.74) is 2.03. The van der Waals surface area contributed by atoms with E-state index >= 15 is 0 Å². The fourth-order valence-electron chi connectivity index (χ4n) is 3.68. The predicted octanol–water partition coefficient (Wildman–Crippen LogP) is 5.03. The van der Waals surface area contributed by atoms with E-state index in [1.807, 2.05) is 27.0 Å². The normalized spacial score (nSPS) is 11.1. The van der Waals surface area contributed by atoms with Gasteiger partial charge in [0.25, 0.3) is 15.9 Å². The molecular weight excluding hydrogens is 494 g/mol. The van der Waals surface area contributed by atoms with Crippen molar-refractivity contribution < 1.29 is 18.0 Å². The highest BCUT2D eigenvalue weighted by Gasteiger charge is 2.28. The van der Waals surface area contributed by atoms with Gasteiger partial charge < -0.3 is 10.2 Å². The lowest BCUT2D eigenvalue weighted by Gasteiger charge is -2.25. The number of aryl methyl sites for hydroxylation is 1. The number of benzene rings is 3. The minimum Gasteiger partial charge on any atom is -0.339 e. The van der Waals surface area contributed by atoms with Crippen LogP contribution in [0.25, 0.3) is 0 Å². The van der Waals surface area contributed by atoms with Gasteiger partial charge in [-0.1, -0.05) is 29.8 Å². The van der Waals surface area contributed by atoms with Gasteiger partial charge in [0.15, 0.2) is 0 Å². The second kappa shape index (κ2) is 12.1. The summed E-state index contributed by atoms with van der Waals surface area (Å²) in [5, 5.41) is 2.75. The highest BCUT2D eigenvalue weighted by atomic mass is 32.2. The third-order valence-electron chi connectivity index (χ3n) is 5.74. The van der Waals surface area contributed by atoms with Gasteiger partial charge in [-0.2, -0.15) is 0 Å². The number of nitrogens with one attached hydrogen (secondary N) is 1. The van der Waals surface area contributed by atoms with Gasteiger partial charge in [-0.25, -0.2) is 8.42 Å². The lowest BCUT2D eigenvalue weighted by Crippen LogP contribution is -2.38. The molecule has 7 nitrogen and oxygen atoms in total. The van der Waals surface area contributed by atoms with Crippen molar-refractivity contribution in [2.24, 2.45) is 0 Å². The van der Waals surface area contributed by atoms with Gasteiger partial charge >= 0.3 is 0 Å². The number of hydrogen-bond donors (Lipinski definition) is 1. The van der Waals surface area contributed by atoms with Crippen LogP contribution in [0.3, 0.4) is 0 Å². The van der Waals surface area contributed by atoms with E-state index in [1.54, 1.807) is 65.6 Å². The zero-order valence-corrected chi connectivity index (χ0v) is 22.5. The number of thioether (sulfide) groups is 1. The van der Waals surface area contributed by atoms with Gasteiger partial charge in [0.2, 0.25) is 5.91 Å². The van der Waals surface area contributed by atoms with Gasteiger partial charge in [0.05, 0.1) is 21.8 Å². The van der Waals surface area contributed by atoms with Crippen LogP contribution in [0.5, 0.6) is 0 Å². The summed E-state index contributed by atoms with van der Waals surface area (Å²) in [6.45, 7) is 6.29. The number of nitrogens with zero attached hydrogens (tertiary/aromatic N) is 2. The van der Waals surface area contributed by atoms with Crippen LogP contribution in [0.4, 0.5) is 11.4 Å². The summed E-state index contributed by atoms with van der Waals surface area (Å²) < 4.78 is 28.3. The van der Waals surface area contributed by atoms with E-state index < -0.39 is 22.5 Å². The summed E-state index contributed by atoms with van der Waals surface area (Å²) in [6.07, 6.45) is 1.91. The van der Waals surface area contributed by atoms with E-state index in [0.717, 1.165) is 14.8 Å². The number of anilines is 2. The van der Waals surface area contributed by atoms with Gasteiger partial charge in [-0.3, -0.25) is 13.9 Å². The van der Waals surface area contributed by atoms with Crippen molar-refractivity contribution >= 4 is 45.0 Å². The van der Waals surface area contributed by atoms with Gasteiger partial charge in [0, 0.05) is 18.0 Å². The summed E-state index contributed by atoms with van der Waals surface area (Å²) in [5.74, 6) is -0.757. The molecule has 2 amide bonds. The van der Waals surface area contributed by atoms with E-state index in [9.17, 15) is 18.0 Å². The van der Waals surface area contributed by atoms with Crippen molar-refractivity contribution in [3.63, 3.8) is 0 Å². The van der Waals surface area contributed by atoms with Crippen LogP contribution in [-0.4, -0.2) is 51.0 Å². The molecule has 1 N–H and O–H groups in total. The zero-order valence-electron chi connectivity index (χ0n) is 20.9. The van der Waals surface area contributed by atoms with E-state index in [1.165, 1.54) is 23.9 Å². The zero-order chi connectivity index (χ0) is 26.3. The van der Waals surface area contributed by atoms with Crippen LogP contribution in [0, 0.1) is 6.92 Å². The molecule has 0 aliphatic rings. The summed E-state index contributed by atoms with van der Waals surface area (Å²) in [6, 6.07) is 20.2. The first-order valence-electron chi connectivity index (χ1n) is 11.6. The standard InChI is InChI=1S/C27H31N3O4S2/c1-5-29(6-2)27(32)24-9-7-8-10-25(24)28-26(31)19-30(21-13-11-20(3)12-14-21)36(33,34)23-17-15-22(35-4)16-18-23/h7-18H,5-6,19H2,1-4H3,(H,28,31). The van der Waals surface area contributed by atoms with Crippen molar-refractivity contribution in [3.05, 3.63) is 83.9 Å². The number of para-hydroxylation sites is 1. The summed E-state index contributed by atoms with van der Waals surface area (Å²) in [7, 11) is -4.04. The Morgan fingerprint density at radius 2 is 1.50 bits per heavy atom. The molecule has 0 unspecified atom stereocenters. The Kier molecular flexibility index (Phi) is 9.17. The molecule has 0 bridgehead atoms. The number of rotatable bonds is 10. The van der Waals surface area contributed by atoms with Crippen molar-refractivity contribution in [2.45, 2.75) is 30.6 Å². The van der Waals surface area contributed by atoms with Gasteiger partial charge in [-0.05, 0) is 75.6 Å². The molecule has 0 spiro atoms. The molecule has 0 aliphatic heterocycles. The maximum absolute atomic E-state index is 13.6. The SMILES string of the molecule is CCN(CC)C(=O)c1ccccc1NC(=O)CN(c1ccc(C)cc1)S(=O)(=O)c1ccc(SC)cc1. The number of sulfonamides is 1. The highest BCUT2D eigenvalue weighted by molar-refractivity contribution is 7.98. The van der Waals surface area contributed by atoms with E-state index in [-0.39, 0.29) is 10.8 Å². The quantitative estimate of drug-likeness (QED) is 0.375. The van der Waals surface area contributed by atoms with Crippen LogP contribution >= 0.6 is 11.8 Å². The Labute approximate surface area is 217 Å². The molecule has 190 valence electrons. The molecule has 3 rings (SSSR count). The van der Waals surface area contributed by atoms with Crippen LogP contribution in [0.1, 0.15) is 29.8 Å². The second-order valence-electron chi connectivity index (χ2n) is 8.09. The average Bonchev–Trinajstić information content (AvgIpc) is 2.89. The lowest BCUT2D eigenvalue weighted by atomic mass is 10.1. The molecular formula is C27H31N3O4S2. The summed E-state index contributed by atoms with van der Waals surface area (Å²) >= 11 is 1.51. The van der Waals surface area contributed by atoms with Crippen LogP contribution < -0.4 is 9.62 Å². The second-order valence-corrected chi connectivity index (χ2v) is 10.8. The first kappa shape index (κ1) is 27.3. The maximum atomic E-state index is 13.6. The van der Waals surface area contributed by atoms with Crippen molar-refractivity contribution in [2.75, 3.05) is 35.5 Å². The highest BCUT2D eigenvalue weighted by Crippen LogP contribution is 2.26. The Balaban J connectivity index is 1.93. The molecule has 0 saturated heterocycles. The van der Waals surface area contributed by atoms with Crippen molar-refractivity contribution in [3.8, 4) is 0 Å². The monoisotopic (exact) mass is 525 g/mol. The summed E-state index contributed by atoms with van der Waals surface area (Å²) in [4.78, 5) is 28.8. The number of carbonyl (C=O) groups is 2. The van der Waals surface area contributed by atoms with E-state index in [4.69, 9.17) is 0 Å². The fraction of sp³-hybridized carbons (Fsp3) is 0.259. The smallest absolute Gasteiger partial charge is 0.264 e. The van der Waals surface area contributed by atoms with Gasteiger partial charge in [-0.15, -0.1) is 11.8 Å².